The second-order valence-electron chi connectivity index (χ2n) is 6.28. The van der Waals surface area contributed by atoms with Gasteiger partial charge < -0.3 is 5.32 Å². The number of hydrogen-bond acceptors (Lipinski definition) is 2. The average molecular weight is 441 g/mol. The van der Waals surface area contributed by atoms with E-state index < -0.39 is 29.5 Å². The van der Waals surface area contributed by atoms with Gasteiger partial charge in [-0.3, -0.25) is 4.90 Å². The van der Waals surface area contributed by atoms with Crippen molar-refractivity contribution in [1.82, 2.24) is 10.2 Å². The van der Waals surface area contributed by atoms with Crippen LogP contribution in [-0.2, 0) is 12.4 Å². The molecule has 0 spiro atoms. The Bertz CT molecular complexity index is 539. The first-order valence-corrected chi connectivity index (χ1v) is 8.37. The smallest absolute Gasteiger partial charge is 0.314 e. The van der Waals surface area contributed by atoms with Crippen LogP contribution < -0.4 is 5.32 Å². The second-order valence-corrected chi connectivity index (χ2v) is 6.28. The van der Waals surface area contributed by atoms with E-state index in [1.165, 1.54) is 0 Å². The monoisotopic (exact) mass is 440 g/mol. The number of unbranched alkanes of at least 4 members (excludes halogenated alkanes) is 1. The fraction of sp³-hybridized carbons (Fsp3) is 0.647. The van der Waals surface area contributed by atoms with E-state index in [9.17, 15) is 26.3 Å². The molecular formula is C17H24Cl2F6N2. The van der Waals surface area contributed by atoms with Crippen LogP contribution in [0, 0.1) is 0 Å². The van der Waals surface area contributed by atoms with E-state index in [-0.39, 0.29) is 36.4 Å². The minimum atomic E-state index is -4.81. The van der Waals surface area contributed by atoms with Gasteiger partial charge in [0, 0.05) is 32.2 Å². The molecule has 0 aliphatic carbocycles. The molecule has 0 unspecified atom stereocenters. The molecule has 1 fully saturated rings. The summed E-state index contributed by atoms with van der Waals surface area (Å²) < 4.78 is 78.6. The SMILES string of the molecule is CCCC[C@@H](c1cc(C(F)(F)F)cc(C(F)(F)F)c1)N1CCNCC1.Cl.Cl. The summed E-state index contributed by atoms with van der Waals surface area (Å²) in [5.74, 6) is 0. The van der Waals surface area contributed by atoms with Crippen LogP contribution in [0.15, 0.2) is 18.2 Å². The maximum absolute atomic E-state index is 13.1. The Labute approximate surface area is 167 Å². The van der Waals surface area contributed by atoms with Crippen LogP contribution in [-0.4, -0.2) is 31.1 Å². The van der Waals surface area contributed by atoms with Crippen LogP contribution in [0.1, 0.15) is 48.9 Å². The fourth-order valence-corrected chi connectivity index (χ4v) is 3.12. The largest absolute Gasteiger partial charge is 0.416 e. The van der Waals surface area contributed by atoms with E-state index in [0.717, 1.165) is 25.0 Å². The highest BCUT2D eigenvalue weighted by atomic mass is 35.5. The predicted octanol–water partition coefficient (Wildman–Crippen LogP) is 5.70. The van der Waals surface area contributed by atoms with Gasteiger partial charge in [-0.05, 0) is 30.2 Å². The maximum atomic E-state index is 13.1. The molecule has 1 aliphatic heterocycles. The first-order chi connectivity index (χ1) is 11.6. The van der Waals surface area contributed by atoms with Gasteiger partial charge in [-0.2, -0.15) is 26.3 Å². The van der Waals surface area contributed by atoms with Crippen LogP contribution in [0.25, 0.3) is 0 Å². The number of hydrogen-bond donors (Lipinski definition) is 1. The Kier molecular flexibility index (Phi) is 10.5. The van der Waals surface area contributed by atoms with Gasteiger partial charge in [0.25, 0.3) is 0 Å². The Morgan fingerprint density at radius 3 is 1.81 bits per heavy atom. The molecule has 1 aliphatic rings. The molecule has 27 heavy (non-hydrogen) atoms. The molecule has 10 heteroatoms. The van der Waals surface area contributed by atoms with Crippen molar-refractivity contribution in [3.63, 3.8) is 0 Å². The summed E-state index contributed by atoms with van der Waals surface area (Å²) in [6.07, 6.45) is -7.52. The molecule has 0 saturated carbocycles. The molecule has 1 N–H and O–H groups in total. The average Bonchev–Trinajstić information content (AvgIpc) is 2.54. The Morgan fingerprint density at radius 1 is 0.926 bits per heavy atom. The number of rotatable bonds is 5. The lowest BCUT2D eigenvalue weighted by Crippen LogP contribution is -2.45. The van der Waals surface area contributed by atoms with E-state index in [1.807, 2.05) is 11.8 Å². The number of benzene rings is 1. The molecule has 1 aromatic rings. The fourth-order valence-electron chi connectivity index (χ4n) is 3.12. The summed E-state index contributed by atoms with van der Waals surface area (Å²) in [5, 5.41) is 3.15. The quantitative estimate of drug-likeness (QED) is 0.590. The summed E-state index contributed by atoms with van der Waals surface area (Å²) in [7, 11) is 0. The summed E-state index contributed by atoms with van der Waals surface area (Å²) >= 11 is 0. The third-order valence-electron chi connectivity index (χ3n) is 4.42. The van der Waals surface area contributed by atoms with Crippen molar-refractivity contribution in [2.45, 2.75) is 44.6 Å². The lowest BCUT2D eigenvalue weighted by Gasteiger charge is -2.36. The molecule has 0 aromatic heterocycles. The molecule has 2 rings (SSSR count). The van der Waals surface area contributed by atoms with Gasteiger partial charge >= 0.3 is 12.4 Å². The zero-order valence-electron chi connectivity index (χ0n) is 14.8. The topological polar surface area (TPSA) is 15.3 Å². The van der Waals surface area contributed by atoms with Crippen LogP contribution in [0.5, 0.6) is 0 Å². The molecule has 0 radical (unpaired) electrons. The summed E-state index contributed by atoms with van der Waals surface area (Å²) in [5.41, 5.74) is -2.39. The van der Waals surface area contributed by atoms with Gasteiger partial charge in [0.1, 0.15) is 0 Å². The van der Waals surface area contributed by atoms with Crippen molar-refractivity contribution < 1.29 is 26.3 Å². The van der Waals surface area contributed by atoms with E-state index in [1.54, 1.807) is 0 Å². The van der Waals surface area contributed by atoms with Gasteiger partial charge in [-0.15, -0.1) is 24.8 Å². The van der Waals surface area contributed by atoms with Crippen LogP contribution in [0.4, 0.5) is 26.3 Å². The lowest BCUT2D eigenvalue weighted by atomic mass is 9.94. The Hall–Kier alpha value is -0.700. The van der Waals surface area contributed by atoms with E-state index in [2.05, 4.69) is 5.32 Å². The van der Waals surface area contributed by atoms with Crippen molar-refractivity contribution in [2.24, 2.45) is 0 Å². The third kappa shape index (κ3) is 7.33. The molecule has 0 amide bonds. The normalized spacial score (nSPS) is 17.0. The number of nitrogens with zero attached hydrogens (tertiary/aromatic N) is 1. The highest BCUT2D eigenvalue weighted by molar-refractivity contribution is 5.85. The van der Waals surface area contributed by atoms with Gasteiger partial charge in [-0.1, -0.05) is 19.8 Å². The standard InChI is InChI=1S/C17H22F6N2.2ClH/c1-2-3-4-15(25-7-5-24-6-8-25)12-9-13(16(18,19)20)11-14(10-12)17(21,22)23;;/h9-11,15,24H,2-8H2,1H3;2*1H/t15-;;/m0../s1. The summed E-state index contributed by atoms with van der Waals surface area (Å²) in [6, 6.07) is 1.50. The van der Waals surface area contributed by atoms with Gasteiger partial charge in [0.05, 0.1) is 11.1 Å². The summed E-state index contributed by atoms with van der Waals surface area (Å²) in [6.45, 7) is 4.50. The van der Waals surface area contributed by atoms with Crippen LogP contribution in [0.3, 0.4) is 0 Å². The van der Waals surface area contributed by atoms with E-state index >= 15 is 0 Å². The number of alkyl halides is 6. The van der Waals surface area contributed by atoms with Crippen molar-refractivity contribution in [3.8, 4) is 0 Å². The minimum Gasteiger partial charge on any atom is -0.314 e. The minimum absolute atomic E-state index is 0. The highest BCUT2D eigenvalue weighted by Gasteiger charge is 2.38. The Morgan fingerprint density at radius 2 is 1.41 bits per heavy atom. The van der Waals surface area contributed by atoms with Gasteiger partial charge in [0.15, 0.2) is 0 Å². The maximum Gasteiger partial charge on any atom is 0.416 e. The second kappa shape index (κ2) is 10.7. The molecule has 1 aromatic carbocycles. The van der Waals surface area contributed by atoms with Crippen molar-refractivity contribution in [2.75, 3.05) is 26.2 Å². The zero-order chi connectivity index (χ0) is 18.7. The zero-order valence-corrected chi connectivity index (χ0v) is 16.4. The van der Waals surface area contributed by atoms with Gasteiger partial charge in [0.2, 0.25) is 0 Å². The first-order valence-electron chi connectivity index (χ1n) is 8.37. The first kappa shape index (κ1) is 26.3. The molecule has 1 heterocycles. The molecule has 2 nitrogen and oxygen atoms in total. The van der Waals surface area contributed by atoms with Crippen LogP contribution in [0.2, 0.25) is 0 Å². The number of halogens is 8. The van der Waals surface area contributed by atoms with Crippen molar-refractivity contribution in [3.05, 3.63) is 34.9 Å². The van der Waals surface area contributed by atoms with Gasteiger partial charge in [-0.25, -0.2) is 0 Å². The molecule has 158 valence electrons. The molecule has 0 bridgehead atoms. The lowest BCUT2D eigenvalue weighted by molar-refractivity contribution is -0.143. The molecule has 1 atom stereocenters. The highest BCUT2D eigenvalue weighted by Crippen LogP contribution is 2.39. The predicted molar refractivity (Wildman–Crippen MR) is 97.7 cm³/mol. The third-order valence-corrected chi connectivity index (χ3v) is 4.42. The Balaban J connectivity index is 0.00000338. The van der Waals surface area contributed by atoms with E-state index in [4.69, 9.17) is 0 Å². The molecular weight excluding hydrogens is 417 g/mol. The van der Waals surface area contributed by atoms with Crippen molar-refractivity contribution in [1.29, 1.82) is 0 Å². The van der Waals surface area contributed by atoms with Crippen LogP contribution >= 0.6 is 24.8 Å². The van der Waals surface area contributed by atoms with Crippen molar-refractivity contribution >= 4 is 24.8 Å². The number of piperazine rings is 1. The molecule has 1 saturated heterocycles. The number of nitrogens with one attached hydrogen (secondary N) is 1. The van der Waals surface area contributed by atoms with E-state index in [0.29, 0.717) is 32.6 Å². The summed E-state index contributed by atoms with van der Waals surface area (Å²) in [4.78, 5) is 1.97.